The summed E-state index contributed by atoms with van der Waals surface area (Å²) in [6, 6.07) is 5.80. The van der Waals surface area contributed by atoms with Gasteiger partial charge in [-0.2, -0.15) is 5.26 Å². The molecule has 0 saturated carbocycles. The fourth-order valence-electron chi connectivity index (χ4n) is 1.26. The van der Waals surface area contributed by atoms with E-state index in [2.05, 4.69) is 10.1 Å². The lowest BCUT2D eigenvalue weighted by Gasteiger charge is -2.01. The molecule has 0 spiro atoms. The van der Waals surface area contributed by atoms with E-state index in [0.29, 0.717) is 5.02 Å². The molecule has 0 aliphatic rings. The Bertz CT molecular complexity index is 631. The molecule has 84 valence electrons. The van der Waals surface area contributed by atoms with Gasteiger partial charge in [0.15, 0.2) is 0 Å². The lowest BCUT2D eigenvalue weighted by Crippen LogP contribution is -2.01. The van der Waals surface area contributed by atoms with Gasteiger partial charge in [0.25, 0.3) is 11.5 Å². The average molecular weight is 250 g/mol. The molecule has 0 saturated heterocycles. The third-order valence-corrected chi connectivity index (χ3v) is 2.21. The Labute approximate surface area is 100 Å². The van der Waals surface area contributed by atoms with Crippen LogP contribution in [0.25, 0.3) is 5.69 Å². The lowest BCUT2D eigenvalue weighted by molar-refractivity contribution is -0.384. The number of nitro benzene ring substituents is 1. The summed E-state index contributed by atoms with van der Waals surface area (Å²) in [7, 11) is 0. The Morgan fingerprint density at radius 2 is 2.29 bits per heavy atom. The number of nitrogens with zero attached hydrogens (tertiary/aromatic N) is 5. The molecule has 8 heteroatoms. The number of nitriles is 1. The second-order valence-corrected chi connectivity index (χ2v) is 3.45. The maximum Gasteiger partial charge on any atom is 0.295 e. The number of benzene rings is 1. The van der Waals surface area contributed by atoms with E-state index in [1.165, 1.54) is 24.5 Å². The second kappa shape index (κ2) is 4.19. The van der Waals surface area contributed by atoms with Gasteiger partial charge in [-0.15, -0.1) is 5.10 Å². The molecule has 0 radical (unpaired) electrons. The molecular weight excluding hydrogens is 246 g/mol. The van der Waals surface area contributed by atoms with Crippen molar-refractivity contribution >= 4 is 17.3 Å². The van der Waals surface area contributed by atoms with Crippen molar-refractivity contribution in [2.45, 2.75) is 0 Å². The van der Waals surface area contributed by atoms with E-state index in [1.54, 1.807) is 6.07 Å². The minimum Gasteiger partial charge on any atom is -0.258 e. The molecule has 1 aromatic heterocycles. The van der Waals surface area contributed by atoms with Crippen molar-refractivity contribution in [1.82, 2.24) is 14.8 Å². The molecule has 0 atom stereocenters. The monoisotopic (exact) mass is 249 g/mol. The van der Waals surface area contributed by atoms with Gasteiger partial charge in [-0.25, -0.2) is 9.67 Å². The van der Waals surface area contributed by atoms with Crippen molar-refractivity contribution < 1.29 is 4.92 Å². The fraction of sp³-hybridized carbons (Fsp3) is 0. The number of rotatable bonds is 2. The zero-order chi connectivity index (χ0) is 12.4. The van der Waals surface area contributed by atoms with E-state index in [-0.39, 0.29) is 17.2 Å². The van der Waals surface area contributed by atoms with E-state index in [1.807, 2.05) is 0 Å². The van der Waals surface area contributed by atoms with Crippen molar-refractivity contribution in [3.8, 4) is 11.8 Å². The highest BCUT2D eigenvalue weighted by atomic mass is 35.5. The molecular formula is C9H4ClN5O2. The predicted molar refractivity (Wildman–Crippen MR) is 57.7 cm³/mol. The first-order valence-corrected chi connectivity index (χ1v) is 4.75. The fourth-order valence-corrected chi connectivity index (χ4v) is 1.43. The Morgan fingerprint density at radius 1 is 1.53 bits per heavy atom. The molecule has 1 aromatic carbocycles. The molecule has 0 fully saturated rings. The molecule has 0 unspecified atom stereocenters. The van der Waals surface area contributed by atoms with Crippen LogP contribution in [0, 0.1) is 21.4 Å². The molecule has 0 aliphatic heterocycles. The Balaban J connectivity index is 2.61. The summed E-state index contributed by atoms with van der Waals surface area (Å²) in [5.74, 6) is -0.0701. The molecule has 0 bridgehead atoms. The summed E-state index contributed by atoms with van der Waals surface area (Å²) in [5.41, 5.74) is 0.000268. The van der Waals surface area contributed by atoms with Crippen LogP contribution in [0.2, 0.25) is 5.02 Å². The number of halogens is 1. The SMILES string of the molecule is N#Cc1ncn(-c2cc(Cl)ccc2[N+](=O)[O-])n1. The normalized spacial score (nSPS) is 9.88. The summed E-state index contributed by atoms with van der Waals surface area (Å²) in [4.78, 5) is 13.9. The quantitative estimate of drug-likeness (QED) is 0.596. The van der Waals surface area contributed by atoms with E-state index >= 15 is 0 Å². The van der Waals surface area contributed by atoms with Gasteiger partial charge in [0.2, 0.25) is 0 Å². The molecule has 0 amide bonds. The van der Waals surface area contributed by atoms with Gasteiger partial charge in [-0.1, -0.05) is 11.6 Å². The topological polar surface area (TPSA) is 97.6 Å². The van der Waals surface area contributed by atoms with E-state index in [9.17, 15) is 10.1 Å². The zero-order valence-electron chi connectivity index (χ0n) is 8.24. The highest BCUT2D eigenvalue weighted by molar-refractivity contribution is 6.30. The number of aromatic nitrogens is 3. The van der Waals surface area contributed by atoms with Crippen LogP contribution < -0.4 is 0 Å². The minimum atomic E-state index is -0.556. The van der Waals surface area contributed by atoms with Crippen LogP contribution in [0.1, 0.15) is 5.82 Å². The van der Waals surface area contributed by atoms with Gasteiger partial charge >= 0.3 is 0 Å². The molecule has 0 N–H and O–H groups in total. The minimum absolute atomic E-state index is 0.0701. The van der Waals surface area contributed by atoms with Crippen molar-refractivity contribution in [3.05, 3.63) is 45.5 Å². The van der Waals surface area contributed by atoms with Gasteiger partial charge in [0.05, 0.1) is 4.92 Å². The number of nitro groups is 1. The van der Waals surface area contributed by atoms with Gasteiger partial charge in [0.1, 0.15) is 18.1 Å². The Kier molecular flexibility index (Phi) is 2.72. The van der Waals surface area contributed by atoms with Gasteiger partial charge in [0, 0.05) is 11.1 Å². The standard InChI is InChI=1S/C9H4ClN5O2/c10-6-1-2-7(15(16)17)8(3-6)14-5-12-9(4-11)13-14/h1-3,5H. The third-order valence-electron chi connectivity index (χ3n) is 1.97. The van der Waals surface area contributed by atoms with Crippen molar-refractivity contribution in [3.63, 3.8) is 0 Å². The van der Waals surface area contributed by atoms with E-state index in [4.69, 9.17) is 16.9 Å². The molecule has 2 aromatic rings. The summed E-state index contributed by atoms with van der Waals surface area (Å²) in [5, 5.41) is 23.5. The molecule has 2 rings (SSSR count). The Hall–Kier alpha value is -2.46. The third kappa shape index (κ3) is 2.07. The van der Waals surface area contributed by atoms with Crippen LogP contribution >= 0.6 is 11.6 Å². The molecule has 1 heterocycles. The van der Waals surface area contributed by atoms with Crippen molar-refractivity contribution in [2.75, 3.05) is 0 Å². The summed E-state index contributed by atoms with van der Waals surface area (Å²) >= 11 is 5.76. The highest BCUT2D eigenvalue weighted by Gasteiger charge is 2.16. The van der Waals surface area contributed by atoms with Crippen LogP contribution in [0.5, 0.6) is 0 Å². The summed E-state index contributed by atoms with van der Waals surface area (Å²) in [6.45, 7) is 0. The van der Waals surface area contributed by atoms with Crippen LogP contribution in [0.15, 0.2) is 24.5 Å². The largest absolute Gasteiger partial charge is 0.295 e. The van der Waals surface area contributed by atoms with Crippen LogP contribution in [0.4, 0.5) is 5.69 Å². The van der Waals surface area contributed by atoms with E-state index < -0.39 is 4.92 Å². The Morgan fingerprint density at radius 3 is 2.88 bits per heavy atom. The first-order chi connectivity index (χ1) is 8.11. The second-order valence-electron chi connectivity index (χ2n) is 3.01. The first-order valence-electron chi connectivity index (χ1n) is 4.38. The first kappa shape index (κ1) is 11.0. The van der Waals surface area contributed by atoms with E-state index in [0.717, 1.165) is 4.68 Å². The maximum absolute atomic E-state index is 10.8. The van der Waals surface area contributed by atoms with Gasteiger partial charge in [-0.05, 0) is 12.1 Å². The summed E-state index contributed by atoms with van der Waals surface area (Å²) < 4.78 is 1.14. The highest BCUT2D eigenvalue weighted by Crippen LogP contribution is 2.25. The average Bonchev–Trinajstić information content (AvgIpc) is 2.76. The predicted octanol–water partition coefficient (Wildman–Crippen LogP) is 1.70. The van der Waals surface area contributed by atoms with Crippen LogP contribution in [-0.4, -0.2) is 19.7 Å². The van der Waals surface area contributed by atoms with Crippen LogP contribution in [0.3, 0.4) is 0 Å². The smallest absolute Gasteiger partial charge is 0.258 e. The van der Waals surface area contributed by atoms with Gasteiger partial charge in [-0.3, -0.25) is 10.1 Å². The molecule has 0 aliphatic carbocycles. The van der Waals surface area contributed by atoms with Crippen molar-refractivity contribution in [2.24, 2.45) is 0 Å². The molecule has 17 heavy (non-hydrogen) atoms. The lowest BCUT2D eigenvalue weighted by atomic mass is 10.3. The summed E-state index contributed by atoms with van der Waals surface area (Å²) in [6.07, 6.45) is 1.22. The number of hydrogen-bond acceptors (Lipinski definition) is 5. The zero-order valence-corrected chi connectivity index (χ0v) is 9.00. The van der Waals surface area contributed by atoms with Crippen molar-refractivity contribution in [1.29, 1.82) is 5.26 Å². The maximum atomic E-state index is 10.8. The van der Waals surface area contributed by atoms with Crippen LogP contribution in [-0.2, 0) is 0 Å². The van der Waals surface area contributed by atoms with Gasteiger partial charge < -0.3 is 0 Å². The molecule has 7 nitrogen and oxygen atoms in total. The number of hydrogen-bond donors (Lipinski definition) is 0.